The van der Waals surface area contributed by atoms with Crippen LogP contribution in [0.15, 0.2) is 18.2 Å². The van der Waals surface area contributed by atoms with Crippen LogP contribution >= 0.6 is 11.8 Å². The van der Waals surface area contributed by atoms with Crippen molar-refractivity contribution in [2.45, 2.75) is 31.6 Å². The molecule has 0 bridgehead atoms. The van der Waals surface area contributed by atoms with Crippen LogP contribution in [0.4, 0.5) is 0 Å². The normalized spacial score (nSPS) is 20.4. The van der Waals surface area contributed by atoms with Gasteiger partial charge in [0.1, 0.15) is 5.37 Å². The quantitative estimate of drug-likeness (QED) is 0.854. The Morgan fingerprint density at radius 1 is 1.40 bits per heavy atom. The van der Waals surface area contributed by atoms with E-state index in [9.17, 15) is 4.79 Å². The summed E-state index contributed by atoms with van der Waals surface area (Å²) in [6.45, 7) is 3.24. The highest BCUT2D eigenvalue weighted by atomic mass is 32.2. The smallest absolute Gasteiger partial charge is 0.231 e. The Balaban J connectivity index is 1.76. The summed E-state index contributed by atoms with van der Waals surface area (Å²) in [5.74, 6) is 2.84. The van der Waals surface area contributed by atoms with Crippen LogP contribution in [-0.4, -0.2) is 29.9 Å². The number of thioether (sulfide) groups is 1. The average molecular weight is 293 g/mol. The molecule has 3 rings (SSSR count). The maximum absolute atomic E-state index is 12.3. The van der Waals surface area contributed by atoms with Gasteiger partial charge in [0, 0.05) is 18.7 Å². The molecule has 2 aliphatic heterocycles. The van der Waals surface area contributed by atoms with Crippen molar-refractivity contribution in [1.82, 2.24) is 4.90 Å². The van der Waals surface area contributed by atoms with Gasteiger partial charge in [-0.2, -0.15) is 0 Å². The molecule has 0 aromatic heterocycles. The predicted molar refractivity (Wildman–Crippen MR) is 79.0 cm³/mol. The number of amides is 1. The van der Waals surface area contributed by atoms with E-state index in [2.05, 4.69) is 6.92 Å². The lowest BCUT2D eigenvalue weighted by atomic mass is 10.1. The van der Waals surface area contributed by atoms with Crippen molar-refractivity contribution in [2.75, 3.05) is 19.1 Å². The van der Waals surface area contributed by atoms with Crippen LogP contribution in [0.5, 0.6) is 11.5 Å². The lowest BCUT2D eigenvalue weighted by Crippen LogP contribution is -2.30. The monoisotopic (exact) mass is 293 g/mol. The van der Waals surface area contributed by atoms with Gasteiger partial charge in [-0.05, 0) is 24.1 Å². The molecule has 108 valence electrons. The van der Waals surface area contributed by atoms with Gasteiger partial charge in [-0.1, -0.05) is 19.4 Å². The molecule has 0 unspecified atom stereocenters. The highest BCUT2D eigenvalue weighted by Gasteiger charge is 2.31. The number of unbranched alkanes of at least 4 members (excludes halogenated alkanes) is 1. The van der Waals surface area contributed by atoms with Crippen LogP contribution in [0.25, 0.3) is 0 Å². The molecule has 0 saturated carbocycles. The zero-order valence-corrected chi connectivity index (χ0v) is 12.4. The van der Waals surface area contributed by atoms with E-state index in [1.807, 2.05) is 34.9 Å². The van der Waals surface area contributed by atoms with Crippen molar-refractivity contribution < 1.29 is 14.3 Å². The van der Waals surface area contributed by atoms with Crippen LogP contribution in [0, 0.1) is 0 Å². The van der Waals surface area contributed by atoms with Gasteiger partial charge in [-0.25, -0.2) is 0 Å². The van der Waals surface area contributed by atoms with Crippen LogP contribution in [0.1, 0.15) is 37.1 Å². The Kier molecular flexibility index (Phi) is 4.05. The first-order valence-corrected chi connectivity index (χ1v) is 8.15. The fourth-order valence-electron chi connectivity index (χ4n) is 2.54. The minimum atomic E-state index is 0.119. The number of carbonyl (C=O) groups is 1. The van der Waals surface area contributed by atoms with E-state index in [0.717, 1.165) is 42.2 Å². The SMILES string of the molecule is CCCCC(=O)N1CCS[C@H]1c1ccc2c(c1)OCO2. The number of benzene rings is 1. The number of hydrogen-bond acceptors (Lipinski definition) is 4. The lowest BCUT2D eigenvalue weighted by Gasteiger charge is -2.24. The summed E-state index contributed by atoms with van der Waals surface area (Å²) in [6.07, 6.45) is 2.67. The number of ether oxygens (including phenoxy) is 2. The first kappa shape index (κ1) is 13.6. The molecular formula is C15H19NO3S. The third-order valence-electron chi connectivity index (χ3n) is 3.64. The maximum Gasteiger partial charge on any atom is 0.231 e. The molecule has 4 nitrogen and oxygen atoms in total. The van der Waals surface area contributed by atoms with Crippen molar-refractivity contribution in [1.29, 1.82) is 0 Å². The number of fused-ring (bicyclic) bond motifs is 1. The van der Waals surface area contributed by atoms with E-state index in [1.165, 1.54) is 0 Å². The standard InChI is InChI=1S/C15H19NO3S/c1-2-3-4-14(17)16-7-8-20-15(16)11-5-6-12-13(9-11)19-10-18-12/h5-6,9,15H,2-4,7-8,10H2,1H3/t15-/m0/s1. The van der Waals surface area contributed by atoms with E-state index < -0.39 is 0 Å². The highest BCUT2D eigenvalue weighted by molar-refractivity contribution is 7.99. The van der Waals surface area contributed by atoms with Crippen molar-refractivity contribution in [3.63, 3.8) is 0 Å². The van der Waals surface area contributed by atoms with Crippen LogP contribution in [0.3, 0.4) is 0 Å². The Hall–Kier alpha value is -1.36. The van der Waals surface area contributed by atoms with Crippen LogP contribution in [0.2, 0.25) is 0 Å². The summed E-state index contributed by atoms with van der Waals surface area (Å²) in [5, 5.41) is 0.119. The van der Waals surface area contributed by atoms with Crippen molar-refractivity contribution in [2.24, 2.45) is 0 Å². The van der Waals surface area contributed by atoms with Gasteiger partial charge in [0.2, 0.25) is 12.7 Å². The first-order valence-electron chi connectivity index (χ1n) is 7.10. The van der Waals surface area contributed by atoms with Gasteiger partial charge in [-0.15, -0.1) is 11.8 Å². The molecule has 1 saturated heterocycles. The molecule has 5 heteroatoms. The van der Waals surface area contributed by atoms with E-state index in [-0.39, 0.29) is 18.1 Å². The summed E-state index contributed by atoms with van der Waals surface area (Å²) < 4.78 is 10.8. The molecule has 2 heterocycles. The van der Waals surface area contributed by atoms with Gasteiger partial charge in [0.05, 0.1) is 0 Å². The Labute approximate surface area is 123 Å². The summed E-state index contributed by atoms with van der Waals surface area (Å²) in [6, 6.07) is 5.98. The average Bonchev–Trinajstić information content (AvgIpc) is 3.11. The third kappa shape index (κ3) is 2.59. The van der Waals surface area contributed by atoms with E-state index in [0.29, 0.717) is 6.42 Å². The molecule has 0 N–H and O–H groups in total. The minimum absolute atomic E-state index is 0.119. The highest BCUT2D eigenvalue weighted by Crippen LogP contribution is 2.42. The summed E-state index contributed by atoms with van der Waals surface area (Å²) in [5.41, 5.74) is 1.13. The molecule has 20 heavy (non-hydrogen) atoms. The molecule has 0 spiro atoms. The van der Waals surface area contributed by atoms with E-state index >= 15 is 0 Å². The second kappa shape index (κ2) is 5.95. The summed E-state index contributed by atoms with van der Waals surface area (Å²) in [7, 11) is 0. The molecule has 2 aliphatic rings. The molecule has 0 aliphatic carbocycles. The third-order valence-corrected chi connectivity index (χ3v) is 4.90. The minimum Gasteiger partial charge on any atom is -0.454 e. The number of hydrogen-bond donors (Lipinski definition) is 0. The molecular weight excluding hydrogens is 274 g/mol. The molecule has 1 fully saturated rings. The Morgan fingerprint density at radius 2 is 2.25 bits per heavy atom. The van der Waals surface area contributed by atoms with E-state index in [4.69, 9.17) is 9.47 Å². The fraction of sp³-hybridized carbons (Fsp3) is 0.533. The van der Waals surface area contributed by atoms with Gasteiger partial charge in [0.25, 0.3) is 0 Å². The second-order valence-corrected chi connectivity index (χ2v) is 6.21. The first-order chi connectivity index (χ1) is 9.79. The van der Waals surface area contributed by atoms with Gasteiger partial charge in [0.15, 0.2) is 11.5 Å². The van der Waals surface area contributed by atoms with Crippen LogP contribution < -0.4 is 9.47 Å². The topological polar surface area (TPSA) is 38.8 Å². The van der Waals surface area contributed by atoms with Gasteiger partial charge < -0.3 is 14.4 Å². The van der Waals surface area contributed by atoms with Gasteiger partial charge in [-0.3, -0.25) is 4.79 Å². The molecule has 1 aromatic carbocycles. The predicted octanol–water partition coefficient (Wildman–Crippen LogP) is 3.18. The van der Waals surface area contributed by atoms with Crippen molar-refractivity contribution in [3.05, 3.63) is 23.8 Å². The second-order valence-electron chi connectivity index (χ2n) is 5.03. The molecule has 0 radical (unpaired) electrons. The Morgan fingerprint density at radius 3 is 3.10 bits per heavy atom. The zero-order valence-electron chi connectivity index (χ0n) is 11.6. The number of rotatable bonds is 4. The molecule has 1 aromatic rings. The largest absolute Gasteiger partial charge is 0.454 e. The fourth-order valence-corrected chi connectivity index (χ4v) is 3.81. The van der Waals surface area contributed by atoms with Crippen LogP contribution in [-0.2, 0) is 4.79 Å². The lowest BCUT2D eigenvalue weighted by molar-refractivity contribution is -0.131. The number of nitrogens with zero attached hydrogens (tertiary/aromatic N) is 1. The van der Waals surface area contributed by atoms with Crippen molar-refractivity contribution >= 4 is 17.7 Å². The molecule has 1 amide bonds. The maximum atomic E-state index is 12.3. The number of carbonyl (C=O) groups excluding carboxylic acids is 1. The molecule has 1 atom stereocenters. The van der Waals surface area contributed by atoms with E-state index in [1.54, 1.807) is 0 Å². The summed E-state index contributed by atoms with van der Waals surface area (Å²) >= 11 is 1.82. The zero-order chi connectivity index (χ0) is 13.9. The van der Waals surface area contributed by atoms with Crippen molar-refractivity contribution in [3.8, 4) is 11.5 Å². The van der Waals surface area contributed by atoms with Gasteiger partial charge >= 0.3 is 0 Å². The summed E-state index contributed by atoms with van der Waals surface area (Å²) in [4.78, 5) is 14.3. The Bertz CT molecular complexity index is 506.